The lowest BCUT2D eigenvalue weighted by Crippen LogP contribution is -2.27. The number of hydrogen-bond acceptors (Lipinski definition) is 2. The van der Waals surface area contributed by atoms with Gasteiger partial charge in [-0.3, -0.25) is 9.48 Å². The summed E-state index contributed by atoms with van der Waals surface area (Å²) >= 11 is 0. The molecule has 0 saturated heterocycles. The van der Waals surface area contributed by atoms with Crippen molar-refractivity contribution in [2.24, 2.45) is 0 Å². The number of nitrogens with zero attached hydrogens (tertiary/aromatic N) is 2. The van der Waals surface area contributed by atoms with Crippen molar-refractivity contribution in [3.63, 3.8) is 0 Å². The first kappa shape index (κ1) is 13.4. The Kier molecular flexibility index (Phi) is 4.00. The molecule has 0 aliphatic rings. The van der Waals surface area contributed by atoms with Crippen LogP contribution in [0.4, 0.5) is 0 Å². The number of carbonyl (C=O) groups excluding carboxylic acids is 1. The number of nitrogens with one attached hydrogen (secondary N) is 2. The molecule has 1 aromatic carbocycles. The first-order valence-corrected chi connectivity index (χ1v) is 7.12. The Hall–Kier alpha value is -2.56. The number of H-pyrrole nitrogens is 1. The van der Waals surface area contributed by atoms with Crippen LogP contribution in [0.1, 0.15) is 12.0 Å². The normalized spacial score (nSPS) is 10.9. The van der Waals surface area contributed by atoms with E-state index in [1.165, 1.54) is 10.9 Å². The van der Waals surface area contributed by atoms with Crippen LogP contribution in [0.2, 0.25) is 0 Å². The summed E-state index contributed by atoms with van der Waals surface area (Å²) in [5.41, 5.74) is 2.31. The Bertz CT molecular complexity index is 715. The van der Waals surface area contributed by atoms with Crippen LogP contribution in [-0.4, -0.2) is 27.2 Å². The van der Waals surface area contributed by atoms with Gasteiger partial charge in [0.15, 0.2) is 0 Å². The molecule has 2 N–H and O–H groups in total. The minimum absolute atomic E-state index is 0.0763. The fraction of sp³-hybridized carbons (Fsp3) is 0.250. The molecule has 108 valence electrons. The number of fused-ring (bicyclic) bond motifs is 1. The van der Waals surface area contributed by atoms with Gasteiger partial charge in [-0.05, 0) is 24.1 Å². The molecule has 21 heavy (non-hydrogen) atoms. The van der Waals surface area contributed by atoms with E-state index in [0.29, 0.717) is 19.5 Å². The number of aromatic amines is 1. The van der Waals surface area contributed by atoms with Gasteiger partial charge in [-0.25, -0.2) is 0 Å². The Morgan fingerprint density at radius 1 is 1.29 bits per heavy atom. The summed E-state index contributed by atoms with van der Waals surface area (Å²) in [7, 11) is 0. The highest BCUT2D eigenvalue weighted by molar-refractivity contribution is 5.84. The van der Waals surface area contributed by atoms with Gasteiger partial charge in [-0.2, -0.15) is 5.10 Å². The molecule has 0 saturated carbocycles. The quantitative estimate of drug-likeness (QED) is 0.727. The molecule has 3 rings (SSSR count). The van der Waals surface area contributed by atoms with Crippen molar-refractivity contribution in [2.75, 3.05) is 6.54 Å². The van der Waals surface area contributed by atoms with Crippen LogP contribution in [0, 0.1) is 0 Å². The second-order valence-electron chi connectivity index (χ2n) is 4.98. The molecule has 1 amide bonds. The molecule has 5 heteroatoms. The average Bonchev–Trinajstić information content (AvgIpc) is 3.14. The van der Waals surface area contributed by atoms with Crippen molar-refractivity contribution in [3.05, 3.63) is 54.5 Å². The maximum Gasteiger partial charge on any atom is 0.220 e. The summed E-state index contributed by atoms with van der Waals surface area (Å²) in [4.78, 5) is 15.1. The topological polar surface area (TPSA) is 62.7 Å². The molecule has 0 atom stereocenters. The van der Waals surface area contributed by atoms with E-state index in [9.17, 15) is 4.79 Å². The van der Waals surface area contributed by atoms with Crippen molar-refractivity contribution in [1.29, 1.82) is 0 Å². The van der Waals surface area contributed by atoms with E-state index in [4.69, 9.17) is 0 Å². The molecule has 0 bridgehead atoms. The maximum absolute atomic E-state index is 11.9. The molecular formula is C16H18N4O. The number of rotatable bonds is 6. The predicted molar refractivity (Wildman–Crippen MR) is 81.9 cm³/mol. The molecule has 0 fully saturated rings. The van der Waals surface area contributed by atoms with Crippen LogP contribution in [0.25, 0.3) is 10.9 Å². The van der Waals surface area contributed by atoms with E-state index < -0.39 is 0 Å². The first-order chi connectivity index (χ1) is 10.3. The largest absolute Gasteiger partial charge is 0.361 e. The summed E-state index contributed by atoms with van der Waals surface area (Å²) in [5.74, 6) is 0.0763. The average molecular weight is 282 g/mol. The molecule has 0 aliphatic carbocycles. The Morgan fingerprint density at radius 3 is 3.05 bits per heavy atom. The van der Waals surface area contributed by atoms with E-state index in [0.717, 1.165) is 11.9 Å². The summed E-state index contributed by atoms with van der Waals surface area (Å²) in [6.45, 7) is 1.31. The predicted octanol–water partition coefficient (Wildman–Crippen LogP) is 2.11. The second-order valence-corrected chi connectivity index (χ2v) is 4.98. The van der Waals surface area contributed by atoms with Crippen LogP contribution in [0.5, 0.6) is 0 Å². The fourth-order valence-corrected chi connectivity index (χ4v) is 2.42. The van der Waals surface area contributed by atoms with Gasteiger partial charge >= 0.3 is 0 Å². The molecule has 2 heterocycles. The Balaban J connectivity index is 1.47. The number of amides is 1. The van der Waals surface area contributed by atoms with Gasteiger partial charge in [-0.1, -0.05) is 18.2 Å². The minimum Gasteiger partial charge on any atom is -0.361 e. The molecular weight excluding hydrogens is 264 g/mol. The van der Waals surface area contributed by atoms with Crippen LogP contribution < -0.4 is 5.32 Å². The highest BCUT2D eigenvalue weighted by Gasteiger charge is 2.06. The molecule has 3 aromatic rings. The van der Waals surface area contributed by atoms with Crippen LogP contribution in [-0.2, 0) is 17.8 Å². The zero-order chi connectivity index (χ0) is 14.5. The van der Waals surface area contributed by atoms with Gasteiger partial charge in [0.1, 0.15) is 0 Å². The lowest BCUT2D eigenvalue weighted by Gasteiger charge is -2.05. The third-order valence-electron chi connectivity index (χ3n) is 3.52. The number of benzene rings is 1. The number of carbonyl (C=O) groups is 1. The monoisotopic (exact) mass is 282 g/mol. The summed E-state index contributed by atoms with van der Waals surface area (Å²) in [6.07, 6.45) is 6.86. The van der Waals surface area contributed by atoms with Crippen LogP contribution in [0.15, 0.2) is 48.9 Å². The lowest BCUT2D eigenvalue weighted by molar-refractivity contribution is -0.121. The van der Waals surface area contributed by atoms with E-state index in [1.807, 2.05) is 36.7 Å². The van der Waals surface area contributed by atoms with Crippen LogP contribution in [0.3, 0.4) is 0 Å². The zero-order valence-electron chi connectivity index (χ0n) is 11.7. The van der Waals surface area contributed by atoms with E-state index in [-0.39, 0.29) is 5.91 Å². The fourth-order valence-electron chi connectivity index (χ4n) is 2.42. The van der Waals surface area contributed by atoms with Gasteiger partial charge in [0.25, 0.3) is 0 Å². The van der Waals surface area contributed by atoms with E-state index in [2.05, 4.69) is 21.5 Å². The highest BCUT2D eigenvalue weighted by Crippen LogP contribution is 2.18. The lowest BCUT2D eigenvalue weighted by atomic mass is 10.1. The Labute approximate surface area is 123 Å². The molecule has 0 aliphatic heterocycles. The molecule has 0 spiro atoms. The van der Waals surface area contributed by atoms with E-state index in [1.54, 1.807) is 10.9 Å². The third kappa shape index (κ3) is 3.31. The van der Waals surface area contributed by atoms with Crippen molar-refractivity contribution >= 4 is 16.8 Å². The highest BCUT2D eigenvalue weighted by atomic mass is 16.1. The number of para-hydroxylation sites is 1. The molecule has 0 radical (unpaired) electrons. The number of aromatic nitrogens is 3. The number of hydrogen-bond donors (Lipinski definition) is 2. The summed E-state index contributed by atoms with van der Waals surface area (Å²) in [5, 5.41) is 8.21. The number of aryl methyl sites for hydroxylation is 1. The maximum atomic E-state index is 11.9. The Morgan fingerprint density at radius 2 is 2.19 bits per heavy atom. The van der Waals surface area contributed by atoms with Gasteiger partial charge < -0.3 is 10.3 Å². The molecule has 0 unspecified atom stereocenters. The van der Waals surface area contributed by atoms with Gasteiger partial charge in [0, 0.05) is 42.5 Å². The van der Waals surface area contributed by atoms with Gasteiger partial charge in [0.05, 0.1) is 6.54 Å². The summed E-state index contributed by atoms with van der Waals surface area (Å²) in [6, 6.07) is 10.0. The van der Waals surface area contributed by atoms with Gasteiger partial charge in [-0.15, -0.1) is 0 Å². The summed E-state index contributed by atoms with van der Waals surface area (Å²) < 4.78 is 1.81. The minimum atomic E-state index is 0.0763. The van der Waals surface area contributed by atoms with E-state index >= 15 is 0 Å². The SMILES string of the molecule is O=C(CCc1c[nH]c2ccccc12)NCCn1cccn1. The molecule has 2 aromatic heterocycles. The van der Waals surface area contributed by atoms with Crippen molar-refractivity contribution in [2.45, 2.75) is 19.4 Å². The third-order valence-corrected chi connectivity index (χ3v) is 3.52. The second kappa shape index (κ2) is 6.26. The first-order valence-electron chi connectivity index (χ1n) is 7.12. The molecule has 5 nitrogen and oxygen atoms in total. The van der Waals surface area contributed by atoms with Crippen molar-refractivity contribution < 1.29 is 4.79 Å². The van der Waals surface area contributed by atoms with Gasteiger partial charge in [0.2, 0.25) is 5.91 Å². The van der Waals surface area contributed by atoms with Crippen molar-refractivity contribution in [3.8, 4) is 0 Å². The van der Waals surface area contributed by atoms with Crippen LogP contribution >= 0.6 is 0 Å². The smallest absolute Gasteiger partial charge is 0.220 e. The van der Waals surface area contributed by atoms with Crippen molar-refractivity contribution in [1.82, 2.24) is 20.1 Å². The standard InChI is InChI=1S/C16H18N4O/c21-16(17-9-11-20-10-3-8-19-20)7-6-13-12-18-15-5-2-1-4-14(13)15/h1-5,8,10,12,18H,6-7,9,11H2,(H,17,21). The zero-order valence-corrected chi connectivity index (χ0v) is 11.7.